The molecular weight excluding hydrogens is 448 g/mol. The zero-order chi connectivity index (χ0) is 25.8. The molecule has 0 aliphatic heterocycles. The Hall–Kier alpha value is -3.10. The van der Waals surface area contributed by atoms with E-state index >= 15 is 0 Å². The molecule has 0 atom stereocenters. The fourth-order valence-corrected chi connectivity index (χ4v) is 3.71. The van der Waals surface area contributed by atoms with E-state index in [1.165, 1.54) is 5.57 Å². The van der Waals surface area contributed by atoms with Gasteiger partial charge in [-0.25, -0.2) is 0 Å². The molecule has 0 saturated heterocycles. The third kappa shape index (κ3) is 7.97. The lowest BCUT2D eigenvalue weighted by molar-refractivity contribution is 0.277. The lowest BCUT2D eigenvalue weighted by atomic mass is 10.1. The fraction of sp³-hybridized carbons (Fsp3) is 0.481. The lowest BCUT2D eigenvalue weighted by Gasteiger charge is -2.24. The van der Waals surface area contributed by atoms with Crippen LogP contribution in [0.5, 0.6) is 34.5 Å². The number of hydrogen-bond acceptors (Lipinski definition) is 8. The Kier molecular flexibility index (Phi) is 11.5. The molecule has 35 heavy (non-hydrogen) atoms. The van der Waals surface area contributed by atoms with Gasteiger partial charge in [0.1, 0.15) is 34.5 Å². The predicted octanol–water partition coefficient (Wildman–Crippen LogP) is 4.30. The van der Waals surface area contributed by atoms with E-state index in [1.807, 2.05) is 24.3 Å². The van der Waals surface area contributed by atoms with Crippen LogP contribution in [0.1, 0.15) is 25.0 Å². The summed E-state index contributed by atoms with van der Waals surface area (Å²) >= 11 is 0. The second kappa shape index (κ2) is 14.3. The number of ether oxygens (including phenoxy) is 6. The zero-order valence-corrected chi connectivity index (χ0v) is 22.3. The van der Waals surface area contributed by atoms with Gasteiger partial charge in [-0.05, 0) is 13.8 Å². The third-order valence-electron chi connectivity index (χ3n) is 5.68. The van der Waals surface area contributed by atoms with Crippen molar-refractivity contribution >= 4 is 0 Å². The molecule has 0 unspecified atom stereocenters. The molecule has 194 valence electrons. The van der Waals surface area contributed by atoms with Gasteiger partial charge in [0.15, 0.2) is 0 Å². The Balaban J connectivity index is 2.16. The number of allylic oxidation sites excluding steroid dienone is 1. The summed E-state index contributed by atoms with van der Waals surface area (Å²) in [6.07, 6.45) is 2.22. The molecule has 2 aromatic rings. The number of rotatable bonds is 15. The molecule has 0 saturated carbocycles. The molecule has 0 aliphatic rings. The monoisotopic (exact) mass is 488 g/mol. The minimum Gasteiger partial charge on any atom is -0.496 e. The molecule has 0 fully saturated rings. The molecule has 0 heterocycles. The summed E-state index contributed by atoms with van der Waals surface area (Å²) in [4.78, 5) is 2.34. The Labute approximate surface area is 209 Å². The van der Waals surface area contributed by atoms with E-state index in [1.54, 1.807) is 42.7 Å². The molecule has 0 amide bonds. The van der Waals surface area contributed by atoms with Crippen molar-refractivity contribution in [1.29, 1.82) is 0 Å². The van der Waals surface area contributed by atoms with Gasteiger partial charge in [-0.2, -0.15) is 0 Å². The highest BCUT2D eigenvalue weighted by Gasteiger charge is 2.17. The van der Waals surface area contributed by atoms with E-state index in [4.69, 9.17) is 28.4 Å². The van der Waals surface area contributed by atoms with Gasteiger partial charge in [0.2, 0.25) is 0 Å². The van der Waals surface area contributed by atoms with Gasteiger partial charge < -0.3 is 33.7 Å². The maximum absolute atomic E-state index is 5.65. The number of hydrogen-bond donors (Lipinski definition) is 1. The number of benzene rings is 2. The fourth-order valence-electron chi connectivity index (χ4n) is 3.71. The van der Waals surface area contributed by atoms with Crippen molar-refractivity contribution in [3.05, 3.63) is 47.0 Å². The standard InChI is InChI=1S/C27H40N2O6/c1-19(2)9-11-29(18-23-26(34-7)15-21(31-4)16-27(23)35-8)12-10-28-17-22-24(32-5)13-20(30-3)14-25(22)33-6/h9,13-16,28H,10-12,17-18H2,1-8H3. The van der Waals surface area contributed by atoms with Crippen LogP contribution < -0.4 is 33.7 Å². The summed E-state index contributed by atoms with van der Waals surface area (Å²) in [5.74, 6) is 4.32. The summed E-state index contributed by atoms with van der Waals surface area (Å²) in [5.41, 5.74) is 3.20. The second-order valence-corrected chi connectivity index (χ2v) is 8.21. The number of nitrogens with zero attached hydrogens (tertiary/aromatic N) is 1. The molecule has 8 heteroatoms. The highest BCUT2D eigenvalue weighted by atomic mass is 16.5. The molecule has 2 aromatic carbocycles. The van der Waals surface area contributed by atoms with Crippen LogP contribution in [-0.4, -0.2) is 67.2 Å². The van der Waals surface area contributed by atoms with Crippen LogP contribution >= 0.6 is 0 Å². The van der Waals surface area contributed by atoms with Gasteiger partial charge in [-0.1, -0.05) is 11.6 Å². The molecule has 0 aromatic heterocycles. The summed E-state index contributed by atoms with van der Waals surface area (Å²) in [5, 5.41) is 3.52. The van der Waals surface area contributed by atoms with Crippen LogP contribution in [0.15, 0.2) is 35.9 Å². The van der Waals surface area contributed by atoms with Crippen LogP contribution in [0.25, 0.3) is 0 Å². The number of nitrogens with one attached hydrogen (secondary N) is 1. The van der Waals surface area contributed by atoms with Crippen LogP contribution in [0.3, 0.4) is 0 Å². The average Bonchev–Trinajstić information content (AvgIpc) is 2.88. The molecule has 8 nitrogen and oxygen atoms in total. The first-order chi connectivity index (χ1) is 16.9. The summed E-state index contributed by atoms with van der Waals surface area (Å²) in [6, 6.07) is 7.50. The van der Waals surface area contributed by atoms with Gasteiger partial charge in [0.25, 0.3) is 0 Å². The maximum Gasteiger partial charge on any atom is 0.130 e. The van der Waals surface area contributed by atoms with Crippen molar-refractivity contribution in [3.8, 4) is 34.5 Å². The van der Waals surface area contributed by atoms with Crippen LogP contribution in [0.2, 0.25) is 0 Å². The van der Waals surface area contributed by atoms with Crippen molar-refractivity contribution in [2.24, 2.45) is 0 Å². The maximum atomic E-state index is 5.65. The van der Waals surface area contributed by atoms with E-state index in [2.05, 4.69) is 30.1 Å². The van der Waals surface area contributed by atoms with Gasteiger partial charge in [-0.3, -0.25) is 4.90 Å². The molecular formula is C27H40N2O6. The summed E-state index contributed by atoms with van der Waals surface area (Å²) in [6.45, 7) is 7.84. The van der Waals surface area contributed by atoms with E-state index < -0.39 is 0 Å². The molecule has 0 aliphatic carbocycles. The highest BCUT2D eigenvalue weighted by molar-refractivity contribution is 5.51. The molecule has 2 rings (SSSR count). The van der Waals surface area contributed by atoms with Gasteiger partial charge in [0, 0.05) is 57.0 Å². The van der Waals surface area contributed by atoms with Gasteiger partial charge >= 0.3 is 0 Å². The third-order valence-corrected chi connectivity index (χ3v) is 5.68. The van der Waals surface area contributed by atoms with E-state index in [0.29, 0.717) is 24.6 Å². The van der Waals surface area contributed by atoms with E-state index in [-0.39, 0.29) is 0 Å². The van der Waals surface area contributed by atoms with Crippen molar-refractivity contribution in [3.63, 3.8) is 0 Å². The Morgan fingerprint density at radius 2 is 1.17 bits per heavy atom. The summed E-state index contributed by atoms with van der Waals surface area (Å²) in [7, 11) is 9.88. The predicted molar refractivity (Wildman–Crippen MR) is 139 cm³/mol. The molecule has 0 bridgehead atoms. The van der Waals surface area contributed by atoms with Crippen LogP contribution in [-0.2, 0) is 13.1 Å². The van der Waals surface area contributed by atoms with Crippen molar-refractivity contribution in [2.75, 3.05) is 62.3 Å². The minimum atomic E-state index is 0.599. The molecule has 0 spiro atoms. The Bertz CT molecular complexity index is 922. The first-order valence-corrected chi connectivity index (χ1v) is 11.5. The number of methoxy groups -OCH3 is 6. The first kappa shape index (κ1) is 28.1. The van der Waals surface area contributed by atoms with E-state index in [9.17, 15) is 0 Å². The van der Waals surface area contributed by atoms with Crippen molar-refractivity contribution in [1.82, 2.24) is 10.2 Å². The SMILES string of the molecule is COc1cc(OC)c(CNCCN(CC=C(C)C)Cc2c(OC)cc(OC)cc2OC)c(OC)c1. The second-order valence-electron chi connectivity index (χ2n) is 8.21. The topological polar surface area (TPSA) is 70.7 Å². The van der Waals surface area contributed by atoms with Gasteiger partial charge in [0.05, 0.1) is 53.8 Å². The molecule has 1 N–H and O–H groups in total. The molecule has 0 radical (unpaired) electrons. The van der Waals surface area contributed by atoms with E-state index in [0.717, 1.165) is 53.8 Å². The normalized spacial score (nSPS) is 10.7. The largest absolute Gasteiger partial charge is 0.496 e. The summed E-state index contributed by atoms with van der Waals surface area (Å²) < 4.78 is 33.2. The minimum absolute atomic E-state index is 0.599. The van der Waals surface area contributed by atoms with Crippen molar-refractivity contribution in [2.45, 2.75) is 26.9 Å². The van der Waals surface area contributed by atoms with Crippen LogP contribution in [0.4, 0.5) is 0 Å². The quantitative estimate of drug-likeness (QED) is 0.294. The van der Waals surface area contributed by atoms with Crippen molar-refractivity contribution < 1.29 is 28.4 Å². The first-order valence-electron chi connectivity index (χ1n) is 11.5. The lowest BCUT2D eigenvalue weighted by Crippen LogP contribution is -2.32. The zero-order valence-electron chi connectivity index (χ0n) is 22.3. The van der Waals surface area contributed by atoms with Crippen LogP contribution in [0, 0.1) is 0 Å². The average molecular weight is 489 g/mol. The van der Waals surface area contributed by atoms with Gasteiger partial charge in [-0.15, -0.1) is 0 Å². The Morgan fingerprint density at radius 3 is 1.57 bits per heavy atom. The highest BCUT2D eigenvalue weighted by Crippen LogP contribution is 2.35. The smallest absolute Gasteiger partial charge is 0.130 e. The Morgan fingerprint density at radius 1 is 0.714 bits per heavy atom.